The minimum absolute atomic E-state index is 0.0373. The number of aliphatic hydroxyl groups is 2. The molecular formula is C36H52N4O6S. The van der Waals surface area contributed by atoms with Gasteiger partial charge in [0.2, 0.25) is 17.7 Å². The summed E-state index contributed by atoms with van der Waals surface area (Å²) in [7, 11) is 0. The van der Waals surface area contributed by atoms with Crippen LogP contribution in [0.25, 0.3) is 0 Å². The molecule has 3 fully saturated rings. The molecule has 1 aliphatic heterocycles. The average molecular weight is 669 g/mol. The summed E-state index contributed by atoms with van der Waals surface area (Å²) >= 11 is 1.42. The monoisotopic (exact) mass is 668 g/mol. The van der Waals surface area contributed by atoms with E-state index in [4.69, 9.17) is 4.74 Å². The van der Waals surface area contributed by atoms with Crippen LogP contribution in [-0.2, 0) is 32.0 Å². The van der Waals surface area contributed by atoms with Crippen LogP contribution < -0.4 is 10.6 Å². The first kappa shape index (κ1) is 35.4. The van der Waals surface area contributed by atoms with E-state index < -0.39 is 42.0 Å². The van der Waals surface area contributed by atoms with Gasteiger partial charge in [-0.05, 0) is 42.6 Å². The van der Waals surface area contributed by atoms with Gasteiger partial charge in [0.25, 0.3) is 0 Å². The highest BCUT2D eigenvalue weighted by molar-refractivity contribution is 7.07. The van der Waals surface area contributed by atoms with Crippen LogP contribution in [-0.4, -0.2) is 88.4 Å². The van der Waals surface area contributed by atoms with E-state index >= 15 is 0 Å². The van der Waals surface area contributed by atoms with Crippen molar-refractivity contribution in [3.63, 3.8) is 0 Å². The Labute approximate surface area is 282 Å². The number of aromatic nitrogens is 1. The van der Waals surface area contributed by atoms with Gasteiger partial charge in [-0.15, -0.1) is 11.3 Å². The van der Waals surface area contributed by atoms with Gasteiger partial charge in [0.05, 0.1) is 48.4 Å². The number of ether oxygens (including phenoxy) is 1. The predicted molar refractivity (Wildman–Crippen MR) is 180 cm³/mol. The van der Waals surface area contributed by atoms with E-state index in [0.29, 0.717) is 57.2 Å². The molecule has 0 bridgehead atoms. The molecule has 47 heavy (non-hydrogen) atoms. The lowest BCUT2D eigenvalue weighted by Gasteiger charge is -2.33. The van der Waals surface area contributed by atoms with Crippen molar-refractivity contribution in [3.8, 4) is 0 Å². The lowest BCUT2D eigenvalue weighted by molar-refractivity contribution is -0.138. The normalized spacial score (nSPS) is 24.3. The molecule has 11 heteroatoms. The third kappa shape index (κ3) is 9.84. The van der Waals surface area contributed by atoms with Crippen molar-refractivity contribution in [2.24, 2.45) is 29.6 Å². The Morgan fingerprint density at radius 3 is 2.40 bits per heavy atom. The Morgan fingerprint density at radius 2 is 1.74 bits per heavy atom. The number of nitrogens with zero attached hydrogens (tertiary/aromatic N) is 2. The van der Waals surface area contributed by atoms with Crippen LogP contribution in [0.15, 0.2) is 41.2 Å². The molecule has 2 aromatic rings. The molecule has 258 valence electrons. The fourth-order valence-electron chi connectivity index (χ4n) is 7.47. The number of aliphatic hydroxyl groups excluding tert-OH is 2. The van der Waals surface area contributed by atoms with Crippen molar-refractivity contribution in [2.45, 2.75) is 95.9 Å². The first-order valence-corrected chi connectivity index (χ1v) is 18.4. The van der Waals surface area contributed by atoms with Gasteiger partial charge in [0.1, 0.15) is 12.1 Å². The Balaban J connectivity index is 1.33. The molecule has 2 heterocycles. The van der Waals surface area contributed by atoms with Crippen LogP contribution >= 0.6 is 11.3 Å². The van der Waals surface area contributed by atoms with Crippen LogP contribution in [0.2, 0.25) is 0 Å². The van der Waals surface area contributed by atoms with E-state index in [-0.39, 0.29) is 30.1 Å². The van der Waals surface area contributed by atoms with Gasteiger partial charge in [-0.2, -0.15) is 0 Å². The molecular weight excluding hydrogens is 616 g/mol. The maximum absolute atomic E-state index is 14.1. The maximum atomic E-state index is 14.1. The molecule has 3 aliphatic rings. The molecule has 10 nitrogen and oxygen atoms in total. The first-order valence-electron chi connectivity index (χ1n) is 17.5. The molecule has 0 unspecified atom stereocenters. The second kappa shape index (κ2) is 17.0. The second-order valence-corrected chi connectivity index (χ2v) is 14.8. The summed E-state index contributed by atoms with van der Waals surface area (Å²) in [6.07, 6.45) is 5.13. The highest BCUT2D eigenvalue weighted by Crippen LogP contribution is 2.50. The van der Waals surface area contributed by atoms with E-state index in [0.717, 1.165) is 31.2 Å². The van der Waals surface area contributed by atoms with Crippen molar-refractivity contribution in [1.82, 2.24) is 20.5 Å². The molecule has 0 spiro atoms. The van der Waals surface area contributed by atoms with Crippen molar-refractivity contribution in [1.29, 1.82) is 0 Å². The zero-order valence-corrected chi connectivity index (χ0v) is 28.6. The number of rotatable bonds is 15. The topological polar surface area (TPSA) is 141 Å². The van der Waals surface area contributed by atoms with Gasteiger partial charge < -0.3 is 30.5 Å². The van der Waals surface area contributed by atoms with Crippen LogP contribution in [0.5, 0.6) is 0 Å². The van der Waals surface area contributed by atoms with Crippen LogP contribution in [0.3, 0.4) is 0 Å². The first-order chi connectivity index (χ1) is 22.7. The fraction of sp³-hybridized carbons (Fsp3) is 0.667. The Kier molecular flexibility index (Phi) is 12.8. The van der Waals surface area contributed by atoms with Gasteiger partial charge in [0, 0.05) is 24.9 Å². The van der Waals surface area contributed by atoms with Gasteiger partial charge in [-0.1, -0.05) is 76.3 Å². The maximum Gasteiger partial charge on any atom is 0.243 e. The third-order valence-corrected chi connectivity index (χ3v) is 10.7. The molecule has 3 amide bonds. The number of amides is 3. The van der Waals surface area contributed by atoms with Gasteiger partial charge in [-0.3, -0.25) is 14.4 Å². The summed E-state index contributed by atoms with van der Waals surface area (Å²) in [5.74, 6) is -1.46. The summed E-state index contributed by atoms with van der Waals surface area (Å²) in [6, 6.07) is 8.26. The minimum atomic E-state index is -1.13. The number of carbonyl (C=O) groups excluding carboxylic acids is 3. The summed E-state index contributed by atoms with van der Waals surface area (Å²) < 4.78 is 5.45. The molecule has 0 radical (unpaired) electrons. The summed E-state index contributed by atoms with van der Waals surface area (Å²) in [4.78, 5) is 47.9. The average Bonchev–Trinajstić information content (AvgIpc) is 3.53. The molecule has 7 atom stereocenters. The molecule has 2 saturated carbocycles. The fourth-order valence-corrected chi connectivity index (χ4v) is 8.04. The zero-order valence-electron chi connectivity index (χ0n) is 27.8. The van der Waals surface area contributed by atoms with E-state index in [1.807, 2.05) is 49.6 Å². The molecule has 1 aromatic heterocycles. The second-order valence-electron chi connectivity index (χ2n) is 14.1. The highest BCUT2D eigenvalue weighted by atomic mass is 32.1. The minimum Gasteiger partial charge on any atom is -0.390 e. The Hall–Kier alpha value is -2.86. The lowest BCUT2D eigenvalue weighted by Crippen LogP contribution is -2.56. The predicted octanol–water partition coefficient (Wildman–Crippen LogP) is 3.36. The van der Waals surface area contributed by atoms with E-state index in [1.165, 1.54) is 17.8 Å². The molecule has 1 saturated heterocycles. The number of thiazole rings is 1. The van der Waals surface area contributed by atoms with Gasteiger partial charge >= 0.3 is 0 Å². The molecule has 5 rings (SSSR count). The zero-order chi connectivity index (χ0) is 33.3. The molecule has 2 aliphatic carbocycles. The Bertz CT molecular complexity index is 1280. The summed E-state index contributed by atoms with van der Waals surface area (Å²) in [6.45, 7) is 5.95. The van der Waals surface area contributed by atoms with Crippen molar-refractivity contribution in [3.05, 3.63) is 52.5 Å². The molecule has 4 N–H and O–H groups in total. The quantitative estimate of drug-likeness (QED) is 0.228. The third-order valence-electron chi connectivity index (χ3n) is 10.1. The Morgan fingerprint density at radius 1 is 1.02 bits per heavy atom. The lowest BCUT2D eigenvalue weighted by atomic mass is 9.82. The van der Waals surface area contributed by atoms with Gasteiger partial charge in [0.15, 0.2) is 0 Å². The standard InChI is InChI=1S/C36H52N4O6S/c1-23(2)17-30(41)33(42)28(19-25-11-7-4-8-12-25)38-34(43)29(20-26-21-47-22-37-26)39-35(44)31-27(18-24-9-5-3-6-10-24)32(31)36(45)40-13-15-46-16-14-40/h3,5-6,9-10,21-23,25,27-33,41-42H,4,7-8,11-20H2,1-2H3,(H,38,43)(H,39,44)/t27-,28-,29-,30-,31+,32+,33+/m0/s1. The number of nitrogens with one attached hydrogen (secondary N) is 2. The number of benzene rings is 1. The highest BCUT2D eigenvalue weighted by Gasteiger charge is 2.59. The van der Waals surface area contributed by atoms with E-state index in [9.17, 15) is 24.6 Å². The SMILES string of the molecule is CC(C)C[C@H](O)[C@H](O)[C@H](CC1CCCCC1)NC(=O)[C@H](Cc1cscn1)NC(=O)[C@@H]1[C@H](Cc2ccccc2)[C@H]1C(=O)N1CCOCC1. The van der Waals surface area contributed by atoms with Crippen LogP contribution in [0, 0.1) is 29.6 Å². The van der Waals surface area contributed by atoms with Crippen LogP contribution in [0.1, 0.15) is 70.1 Å². The summed E-state index contributed by atoms with van der Waals surface area (Å²) in [5.41, 5.74) is 3.43. The number of morpholine rings is 1. The largest absolute Gasteiger partial charge is 0.390 e. The van der Waals surface area contributed by atoms with Crippen molar-refractivity contribution in [2.75, 3.05) is 26.3 Å². The smallest absolute Gasteiger partial charge is 0.243 e. The summed E-state index contributed by atoms with van der Waals surface area (Å²) in [5, 5.41) is 30.1. The van der Waals surface area contributed by atoms with Gasteiger partial charge in [-0.25, -0.2) is 4.98 Å². The number of hydrogen-bond acceptors (Lipinski definition) is 8. The van der Waals surface area contributed by atoms with Crippen molar-refractivity contribution >= 4 is 29.1 Å². The van der Waals surface area contributed by atoms with E-state index in [1.54, 1.807) is 10.4 Å². The number of hydrogen-bond donors (Lipinski definition) is 4. The van der Waals surface area contributed by atoms with Crippen molar-refractivity contribution < 1.29 is 29.3 Å². The van der Waals surface area contributed by atoms with Crippen LogP contribution in [0.4, 0.5) is 0 Å². The molecule has 1 aromatic carbocycles. The van der Waals surface area contributed by atoms with E-state index in [2.05, 4.69) is 15.6 Å². The number of carbonyl (C=O) groups is 3.